The number of alkyl halides is 3. The van der Waals surface area contributed by atoms with Crippen LogP contribution in [0.2, 0.25) is 0 Å². The Bertz CT molecular complexity index is 847. The second-order valence-corrected chi connectivity index (χ2v) is 7.21. The van der Waals surface area contributed by atoms with Gasteiger partial charge >= 0.3 is 6.18 Å². The van der Waals surface area contributed by atoms with Gasteiger partial charge in [0.1, 0.15) is 17.1 Å². The first-order valence-corrected chi connectivity index (χ1v) is 9.22. The van der Waals surface area contributed by atoms with Gasteiger partial charge in [-0.15, -0.1) is 0 Å². The summed E-state index contributed by atoms with van der Waals surface area (Å²) in [6.45, 7) is 3.07. The fourth-order valence-corrected chi connectivity index (χ4v) is 3.87. The van der Waals surface area contributed by atoms with E-state index in [1.165, 1.54) is 18.3 Å². The van der Waals surface area contributed by atoms with E-state index >= 15 is 0 Å². The van der Waals surface area contributed by atoms with Gasteiger partial charge in [-0.1, -0.05) is 0 Å². The standard InChI is InChI=1S/C20H20F3N3O2/c21-20(22,23)16-11-24-8-5-18(16)28-15-3-1-14(2-4-15)19(27)25-17-12-26-9-6-13(17)7-10-26/h1-5,8,11,13,17H,6-7,9-10,12H2,(H,25,27)/t17-/m0/s1. The molecule has 0 radical (unpaired) electrons. The van der Waals surface area contributed by atoms with Crippen LogP contribution in [0.15, 0.2) is 42.7 Å². The molecule has 0 aliphatic carbocycles. The van der Waals surface area contributed by atoms with Crippen LogP contribution in [0.5, 0.6) is 11.5 Å². The van der Waals surface area contributed by atoms with E-state index in [0.29, 0.717) is 11.5 Å². The minimum atomic E-state index is -4.56. The fraction of sp³-hybridized carbons (Fsp3) is 0.400. The highest BCUT2D eigenvalue weighted by molar-refractivity contribution is 5.94. The van der Waals surface area contributed by atoms with Crippen LogP contribution in [0.1, 0.15) is 28.8 Å². The number of benzene rings is 1. The Kier molecular flexibility index (Phi) is 4.97. The Morgan fingerprint density at radius 2 is 1.86 bits per heavy atom. The first-order valence-electron chi connectivity index (χ1n) is 9.22. The average Bonchev–Trinajstić information content (AvgIpc) is 2.69. The number of halogens is 3. The number of aromatic nitrogens is 1. The van der Waals surface area contributed by atoms with Crippen molar-refractivity contribution in [3.8, 4) is 11.5 Å². The van der Waals surface area contributed by atoms with Gasteiger partial charge in [0.05, 0.1) is 0 Å². The lowest BCUT2D eigenvalue weighted by Gasteiger charge is -2.44. The molecule has 4 heterocycles. The second-order valence-electron chi connectivity index (χ2n) is 7.21. The van der Waals surface area contributed by atoms with Crippen molar-refractivity contribution in [3.63, 3.8) is 0 Å². The number of carbonyl (C=O) groups excluding carboxylic acids is 1. The predicted molar refractivity (Wildman–Crippen MR) is 96.2 cm³/mol. The SMILES string of the molecule is O=C(N[C@H]1CN2CCC1CC2)c1ccc(Oc2ccncc2C(F)(F)F)cc1. The summed E-state index contributed by atoms with van der Waals surface area (Å²) in [4.78, 5) is 18.4. The maximum absolute atomic E-state index is 13.0. The van der Waals surface area contributed by atoms with Crippen molar-refractivity contribution in [1.29, 1.82) is 0 Å². The van der Waals surface area contributed by atoms with Crippen molar-refractivity contribution >= 4 is 5.91 Å². The Hall–Kier alpha value is -2.61. The third-order valence-corrected chi connectivity index (χ3v) is 5.40. The van der Waals surface area contributed by atoms with Crippen molar-refractivity contribution < 1.29 is 22.7 Å². The number of amides is 1. The van der Waals surface area contributed by atoms with Gasteiger partial charge in [0.2, 0.25) is 0 Å². The van der Waals surface area contributed by atoms with E-state index in [2.05, 4.69) is 15.2 Å². The summed E-state index contributed by atoms with van der Waals surface area (Å²) < 4.78 is 44.5. The number of piperidine rings is 3. The summed E-state index contributed by atoms with van der Waals surface area (Å²) in [7, 11) is 0. The molecule has 1 N–H and O–H groups in total. The quantitative estimate of drug-likeness (QED) is 0.863. The van der Waals surface area contributed by atoms with Crippen LogP contribution in [0.25, 0.3) is 0 Å². The Morgan fingerprint density at radius 3 is 2.46 bits per heavy atom. The lowest BCUT2D eigenvalue weighted by Crippen LogP contribution is -2.57. The predicted octanol–water partition coefficient (Wildman–Crippen LogP) is 3.72. The number of hydrogen-bond acceptors (Lipinski definition) is 4. The van der Waals surface area contributed by atoms with Crippen molar-refractivity contribution in [3.05, 3.63) is 53.9 Å². The van der Waals surface area contributed by atoms with Crippen LogP contribution < -0.4 is 10.1 Å². The monoisotopic (exact) mass is 391 g/mol. The number of nitrogens with one attached hydrogen (secondary N) is 1. The maximum atomic E-state index is 13.0. The molecule has 1 atom stereocenters. The largest absolute Gasteiger partial charge is 0.457 e. The zero-order chi connectivity index (χ0) is 19.7. The van der Waals surface area contributed by atoms with Crippen molar-refractivity contribution in [2.45, 2.75) is 25.1 Å². The molecule has 5 nitrogen and oxygen atoms in total. The van der Waals surface area contributed by atoms with E-state index < -0.39 is 11.7 Å². The van der Waals surface area contributed by atoms with Crippen molar-refractivity contribution in [2.75, 3.05) is 19.6 Å². The van der Waals surface area contributed by atoms with Gasteiger partial charge in [-0.3, -0.25) is 9.78 Å². The molecule has 3 aliphatic rings. The van der Waals surface area contributed by atoms with Crippen LogP contribution in [-0.2, 0) is 6.18 Å². The Labute approximate surface area is 160 Å². The van der Waals surface area contributed by atoms with Gasteiger partial charge in [0.25, 0.3) is 5.91 Å². The van der Waals surface area contributed by atoms with Gasteiger partial charge < -0.3 is 15.0 Å². The number of nitrogens with zero attached hydrogens (tertiary/aromatic N) is 2. The van der Waals surface area contributed by atoms with E-state index in [-0.39, 0.29) is 23.4 Å². The van der Waals surface area contributed by atoms with E-state index in [4.69, 9.17) is 4.74 Å². The number of pyridine rings is 1. The van der Waals surface area contributed by atoms with Crippen molar-refractivity contribution in [1.82, 2.24) is 15.2 Å². The fourth-order valence-electron chi connectivity index (χ4n) is 3.87. The lowest BCUT2D eigenvalue weighted by atomic mass is 9.84. The molecule has 148 valence electrons. The van der Waals surface area contributed by atoms with Gasteiger partial charge in [0, 0.05) is 30.5 Å². The minimum absolute atomic E-state index is 0.150. The zero-order valence-corrected chi connectivity index (χ0v) is 15.1. The zero-order valence-electron chi connectivity index (χ0n) is 15.1. The lowest BCUT2D eigenvalue weighted by molar-refractivity contribution is -0.138. The Balaban J connectivity index is 1.42. The summed E-state index contributed by atoms with van der Waals surface area (Å²) in [5, 5.41) is 3.09. The molecule has 2 aromatic rings. The molecule has 0 spiro atoms. The molecule has 1 aromatic heterocycles. The molecular formula is C20H20F3N3O2. The normalized spacial score (nSPS) is 24.0. The molecule has 3 fully saturated rings. The average molecular weight is 391 g/mol. The van der Waals surface area contributed by atoms with E-state index in [0.717, 1.165) is 44.7 Å². The summed E-state index contributed by atoms with van der Waals surface area (Å²) >= 11 is 0. The summed E-state index contributed by atoms with van der Waals surface area (Å²) in [6.07, 6.45) is -0.388. The van der Waals surface area contributed by atoms with Gasteiger partial charge in [0.15, 0.2) is 0 Å². The molecule has 8 heteroatoms. The molecule has 1 aromatic carbocycles. The van der Waals surface area contributed by atoms with E-state index in [1.807, 2.05) is 0 Å². The topological polar surface area (TPSA) is 54.5 Å². The van der Waals surface area contributed by atoms with Crippen LogP contribution in [-0.4, -0.2) is 41.5 Å². The third-order valence-electron chi connectivity index (χ3n) is 5.40. The van der Waals surface area contributed by atoms with Gasteiger partial charge in [-0.05, 0) is 62.2 Å². The molecule has 1 amide bonds. The van der Waals surface area contributed by atoms with Gasteiger partial charge in [-0.2, -0.15) is 13.2 Å². The highest BCUT2D eigenvalue weighted by atomic mass is 19.4. The van der Waals surface area contributed by atoms with E-state index in [1.54, 1.807) is 12.1 Å². The molecule has 2 bridgehead atoms. The van der Waals surface area contributed by atoms with Crippen LogP contribution in [0.3, 0.4) is 0 Å². The summed E-state index contributed by atoms with van der Waals surface area (Å²) in [5.74, 6) is 0.234. The molecule has 3 saturated heterocycles. The van der Waals surface area contributed by atoms with Crippen molar-refractivity contribution in [2.24, 2.45) is 5.92 Å². The Morgan fingerprint density at radius 1 is 1.14 bits per heavy atom. The molecular weight excluding hydrogens is 371 g/mol. The smallest absolute Gasteiger partial charge is 0.421 e. The first-order chi connectivity index (χ1) is 13.4. The number of ether oxygens (including phenoxy) is 1. The van der Waals surface area contributed by atoms with Crippen LogP contribution in [0, 0.1) is 5.92 Å². The number of carbonyl (C=O) groups is 1. The van der Waals surface area contributed by atoms with Gasteiger partial charge in [-0.25, -0.2) is 0 Å². The molecule has 5 rings (SSSR count). The molecule has 0 unspecified atom stereocenters. The second kappa shape index (κ2) is 7.43. The highest BCUT2D eigenvalue weighted by Crippen LogP contribution is 2.37. The summed E-state index contributed by atoms with van der Waals surface area (Å²) in [5.41, 5.74) is -0.492. The number of hydrogen-bond donors (Lipinski definition) is 1. The number of fused-ring (bicyclic) bond motifs is 3. The first kappa shape index (κ1) is 18.7. The minimum Gasteiger partial charge on any atom is -0.457 e. The number of rotatable bonds is 4. The molecule has 3 aliphatic heterocycles. The molecule has 28 heavy (non-hydrogen) atoms. The maximum Gasteiger partial charge on any atom is 0.421 e. The third kappa shape index (κ3) is 3.96. The van der Waals surface area contributed by atoms with Crippen LogP contribution >= 0.6 is 0 Å². The van der Waals surface area contributed by atoms with Crippen LogP contribution in [0.4, 0.5) is 13.2 Å². The highest BCUT2D eigenvalue weighted by Gasteiger charge is 2.36. The van der Waals surface area contributed by atoms with E-state index in [9.17, 15) is 18.0 Å². The summed E-state index contributed by atoms with van der Waals surface area (Å²) in [6, 6.07) is 7.41. The molecule has 0 saturated carbocycles.